The molecule has 1 aliphatic carbocycles. The second-order valence-corrected chi connectivity index (χ2v) is 4.00. The van der Waals surface area contributed by atoms with Crippen LogP contribution in [0.25, 0.3) is 11.1 Å². The summed E-state index contributed by atoms with van der Waals surface area (Å²) >= 11 is 5.88. The van der Waals surface area contributed by atoms with E-state index < -0.39 is 0 Å². The molecule has 0 saturated heterocycles. The lowest BCUT2D eigenvalue weighted by atomic mass is 10.1. The van der Waals surface area contributed by atoms with Gasteiger partial charge in [-0.25, -0.2) is 0 Å². The molecule has 0 aromatic heterocycles. The molecule has 2 aromatic carbocycles. The van der Waals surface area contributed by atoms with Crippen molar-refractivity contribution in [3.05, 3.63) is 58.6 Å². The van der Waals surface area contributed by atoms with Gasteiger partial charge in [-0.1, -0.05) is 41.9 Å². The standard InChI is InChI=1S/C13H7ClO/c14-8-5-6-10-9-3-1-2-4-11(9)13(15)12(10)7-8/h1-7H. The van der Waals surface area contributed by atoms with Crippen LogP contribution in [0.3, 0.4) is 0 Å². The van der Waals surface area contributed by atoms with Crippen molar-refractivity contribution >= 4 is 17.4 Å². The topological polar surface area (TPSA) is 17.1 Å². The van der Waals surface area contributed by atoms with Crippen LogP contribution in [0.15, 0.2) is 42.5 Å². The van der Waals surface area contributed by atoms with Gasteiger partial charge in [0.05, 0.1) is 0 Å². The molecule has 15 heavy (non-hydrogen) atoms. The van der Waals surface area contributed by atoms with Gasteiger partial charge in [-0.2, -0.15) is 0 Å². The molecule has 0 saturated carbocycles. The quantitative estimate of drug-likeness (QED) is 0.559. The zero-order valence-electron chi connectivity index (χ0n) is 7.83. The summed E-state index contributed by atoms with van der Waals surface area (Å²) in [5.41, 5.74) is 3.48. The second kappa shape index (κ2) is 2.94. The predicted molar refractivity (Wildman–Crippen MR) is 60.3 cm³/mol. The summed E-state index contributed by atoms with van der Waals surface area (Å²) in [5.74, 6) is 0.0723. The maximum Gasteiger partial charge on any atom is 0.194 e. The van der Waals surface area contributed by atoms with E-state index in [-0.39, 0.29) is 5.78 Å². The number of carbonyl (C=O) groups excluding carboxylic acids is 1. The minimum absolute atomic E-state index is 0.0723. The van der Waals surface area contributed by atoms with Crippen LogP contribution >= 0.6 is 11.6 Å². The van der Waals surface area contributed by atoms with Crippen LogP contribution in [0.2, 0.25) is 5.02 Å². The van der Waals surface area contributed by atoms with Crippen LogP contribution in [0.4, 0.5) is 0 Å². The van der Waals surface area contributed by atoms with Crippen LogP contribution in [0.1, 0.15) is 15.9 Å². The van der Waals surface area contributed by atoms with E-state index in [2.05, 4.69) is 0 Å². The Kier molecular flexibility index (Phi) is 1.70. The summed E-state index contributed by atoms with van der Waals surface area (Å²) in [6.07, 6.45) is 0. The van der Waals surface area contributed by atoms with Crippen molar-refractivity contribution in [3.63, 3.8) is 0 Å². The molecular weight excluding hydrogens is 208 g/mol. The minimum Gasteiger partial charge on any atom is -0.289 e. The smallest absolute Gasteiger partial charge is 0.194 e. The van der Waals surface area contributed by atoms with E-state index >= 15 is 0 Å². The van der Waals surface area contributed by atoms with Gasteiger partial charge in [-0.05, 0) is 23.3 Å². The van der Waals surface area contributed by atoms with Crippen LogP contribution in [0, 0.1) is 0 Å². The van der Waals surface area contributed by atoms with Crippen molar-refractivity contribution in [1.29, 1.82) is 0 Å². The highest BCUT2D eigenvalue weighted by molar-refractivity contribution is 6.32. The van der Waals surface area contributed by atoms with Crippen LogP contribution in [-0.4, -0.2) is 5.78 Å². The Bertz CT molecular complexity index is 572. The first-order valence-corrected chi connectivity index (χ1v) is 5.09. The molecule has 0 unspecified atom stereocenters. The lowest BCUT2D eigenvalue weighted by Crippen LogP contribution is -1.94. The molecule has 1 aliphatic rings. The van der Waals surface area contributed by atoms with E-state index in [4.69, 9.17) is 11.6 Å². The molecule has 0 heterocycles. The Labute approximate surface area is 92.3 Å². The van der Waals surface area contributed by atoms with Crippen molar-refractivity contribution < 1.29 is 4.79 Å². The third-order valence-corrected chi connectivity index (χ3v) is 2.92. The molecule has 0 aliphatic heterocycles. The fourth-order valence-electron chi connectivity index (χ4n) is 2.00. The maximum absolute atomic E-state index is 12.0. The number of hydrogen-bond acceptors (Lipinski definition) is 1. The van der Waals surface area contributed by atoms with Gasteiger partial charge in [-0.3, -0.25) is 4.79 Å². The Balaban J connectivity index is 2.38. The highest BCUT2D eigenvalue weighted by atomic mass is 35.5. The van der Waals surface area contributed by atoms with Crippen molar-refractivity contribution in [2.24, 2.45) is 0 Å². The average molecular weight is 215 g/mol. The normalized spacial score (nSPS) is 12.5. The number of hydrogen-bond donors (Lipinski definition) is 0. The molecule has 3 rings (SSSR count). The first-order chi connectivity index (χ1) is 7.27. The molecule has 0 amide bonds. The SMILES string of the molecule is O=C1c2ccccc2-c2ccc(Cl)cc21. The molecule has 72 valence electrons. The average Bonchev–Trinajstić information content (AvgIpc) is 2.54. The molecule has 0 N–H and O–H groups in total. The van der Waals surface area contributed by atoms with E-state index in [0.717, 1.165) is 16.7 Å². The van der Waals surface area contributed by atoms with Crippen LogP contribution < -0.4 is 0 Å². The highest BCUT2D eigenvalue weighted by Crippen LogP contribution is 2.37. The van der Waals surface area contributed by atoms with E-state index in [1.807, 2.05) is 36.4 Å². The first kappa shape index (κ1) is 8.69. The number of benzene rings is 2. The monoisotopic (exact) mass is 214 g/mol. The van der Waals surface area contributed by atoms with Gasteiger partial charge in [0.15, 0.2) is 5.78 Å². The van der Waals surface area contributed by atoms with Crippen molar-refractivity contribution in [3.8, 4) is 11.1 Å². The van der Waals surface area contributed by atoms with Crippen molar-refractivity contribution in [2.75, 3.05) is 0 Å². The Hall–Kier alpha value is -1.60. The van der Waals surface area contributed by atoms with Gasteiger partial charge < -0.3 is 0 Å². The fourth-order valence-corrected chi connectivity index (χ4v) is 2.17. The molecule has 0 fully saturated rings. The largest absolute Gasteiger partial charge is 0.289 e. The van der Waals surface area contributed by atoms with E-state index in [1.165, 1.54) is 0 Å². The van der Waals surface area contributed by atoms with Crippen LogP contribution in [-0.2, 0) is 0 Å². The van der Waals surface area contributed by atoms with E-state index in [0.29, 0.717) is 10.6 Å². The number of ketones is 1. The molecule has 2 heteroatoms. The third-order valence-electron chi connectivity index (χ3n) is 2.69. The molecule has 0 spiro atoms. The fraction of sp³-hybridized carbons (Fsp3) is 0. The number of carbonyl (C=O) groups is 1. The van der Waals surface area contributed by atoms with Crippen molar-refractivity contribution in [1.82, 2.24) is 0 Å². The highest BCUT2D eigenvalue weighted by Gasteiger charge is 2.25. The van der Waals surface area contributed by atoms with E-state index in [9.17, 15) is 4.79 Å². The van der Waals surface area contributed by atoms with Crippen molar-refractivity contribution in [2.45, 2.75) is 0 Å². The zero-order valence-corrected chi connectivity index (χ0v) is 8.58. The lowest BCUT2D eigenvalue weighted by Gasteiger charge is -1.98. The molecular formula is C13H7ClO. The third kappa shape index (κ3) is 1.13. The minimum atomic E-state index is 0.0723. The maximum atomic E-state index is 12.0. The number of rotatable bonds is 0. The molecule has 0 atom stereocenters. The van der Waals surface area contributed by atoms with Gasteiger partial charge in [-0.15, -0.1) is 0 Å². The van der Waals surface area contributed by atoms with Gasteiger partial charge in [0.1, 0.15) is 0 Å². The van der Waals surface area contributed by atoms with E-state index in [1.54, 1.807) is 6.07 Å². The summed E-state index contributed by atoms with van der Waals surface area (Å²) in [7, 11) is 0. The van der Waals surface area contributed by atoms with Crippen LogP contribution in [0.5, 0.6) is 0 Å². The molecule has 2 aromatic rings. The Morgan fingerprint density at radius 2 is 1.47 bits per heavy atom. The number of halogens is 1. The summed E-state index contributed by atoms with van der Waals surface area (Å²) in [6, 6.07) is 13.1. The molecule has 0 bridgehead atoms. The van der Waals surface area contributed by atoms with Gasteiger partial charge >= 0.3 is 0 Å². The van der Waals surface area contributed by atoms with Gasteiger partial charge in [0, 0.05) is 16.1 Å². The second-order valence-electron chi connectivity index (χ2n) is 3.56. The van der Waals surface area contributed by atoms with Gasteiger partial charge in [0.25, 0.3) is 0 Å². The molecule has 1 nitrogen and oxygen atoms in total. The lowest BCUT2D eigenvalue weighted by molar-refractivity contribution is 0.104. The summed E-state index contributed by atoms with van der Waals surface area (Å²) in [6.45, 7) is 0. The Morgan fingerprint density at radius 1 is 0.800 bits per heavy atom. The predicted octanol–water partition coefficient (Wildman–Crippen LogP) is 3.55. The van der Waals surface area contributed by atoms with Gasteiger partial charge in [0.2, 0.25) is 0 Å². The Morgan fingerprint density at radius 3 is 2.27 bits per heavy atom. The zero-order chi connectivity index (χ0) is 10.4. The summed E-state index contributed by atoms with van der Waals surface area (Å²) in [4.78, 5) is 12.0. The summed E-state index contributed by atoms with van der Waals surface area (Å²) < 4.78 is 0. The summed E-state index contributed by atoms with van der Waals surface area (Å²) in [5, 5.41) is 0.606. The first-order valence-electron chi connectivity index (χ1n) is 4.71. The molecule has 0 radical (unpaired) electrons. The number of fused-ring (bicyclic) bond motifs is 3.